The molecule has 78 heavy (non-hydrogen) atoms. The van der Waals surface area contributed by atoms with Crippen molar-refractivity contribution in [3.05, 3.63) is 130 Å². The quantitative estimate of drug-likeness (QED) is 0.0359. The maximum absolute atomic E-state index is 12.4. The molecule has 424 valence electrons. The van der Waals surface area contributed by atoms with Gasteiger partial charge in [0.1, 0.15) is 36.9 Å². The summed E-state index contributed by atoms with van der Waals surface area (Å²) in [6.07, 6.45) is 16.0. The Hall–Kier alpha value is -6.08. The molecule has 0 aromatic heterocycles. The minimum Gasteiger partial charge on any atom is -0.482 e. The van der Waals surface area contributed by atoms with Crippen LogP contribution in [0.3, 0.4) is 0 Å². The van der Waals surface area contributed by atoms with Crippen LogP contribution in [0.15, 0.2) is 97.1 Å². The molecule has 8 rings (SSSR count). The third kappa shape index (κ3) is 17.5. The van der Waals surface area contributed by atoms with E-state index in [1.54, 1.807) is 0 Å². The van der Waals surface area contributed by atoms with E-state index in [1.807, 2.05) is 84.9 Å². The van der Waals surface area contributed by atoms with E-state index in [0.717, 1.165) is 106 Å². The summed E-state index contributed by atoms with van der Waals surface area (Å²) in [4.78, 5) is 48.8. The van der Waals surface area contributed by atoms with Gasteiger partial charge in [-0.2, -0.15) is 0 Å². The summed E-state index contributed by atoms with van der Waals surface area (Å²) in [7, 11) is 2.71. The van der Waals surface area contributed by atoms with Crippen LogP contribution in [0.4, 0.5) is 9.59 Å². The molecule has 0 amide bonds. The summed E-state index contributed by atoms with van der Waals surface area (Å²) in [6.45, 7) is 6.94. The van der Waals surface area contributed by atoms with Crippen LogP contribution < -0.4 is 9.47 Å². The molecule has 4 aliphatic carbocycles. The van der Waals surface area contributed by atoms with E-state index in [4.69, 9.17) is 37.9 Å². The molecule has 0 saturated heterocycles. The standard InChI is InChI=1S/C33H44O6.C32H42O7/c1-4-5-7-11-23(2)16-17-27-28-18-25-14-10-15-30(29(25)19-26(28)20-31(27)39-33(35)36-3)37-22-32(34)38-21-24-12-8-6-9-13-24;1-3-4-6-13-25(33)15-16-26-27-17-23-12-9-14-29(28(23)18-24(27)19-30(26)39-32(35)36-2)37-21-31(34)38-20-22-10-7-5-8-11-22/h6,8-10,12-15,23,26-28,31H,4-5,7,11,16-22H2,1-3H3;5,7-12,14,24-27,30,33H,3-4,6,13,15-21H2,1-2H3/t23-,26-,27+,28-,31+;24-,25-,26+,27-,30+/m00/s1. The highest BCUT2D eigenvalue weighted by Gasteiger charge is 2.49. The first kappa shape index (κ1) is 59.6. The lowest BCUT2D eigenvalue weighted by Crippen LogP contribution is -2.30. The molecule has 0 bridgehead atoms. The normalized spacial score (nSPS) is 22.3. The zero-order valence-electron chi connectivity index (χ0n) is 46.9. The SMILES string of the molecule is CCCCC[C@H](C)CC[C@@H]1[C@H]2Cc3cccc(OCC(=O)OCc4ccccc4)c3C[C@H]2C[C@H]1OC(=O)OC.CCCCC[C@H](O)CC[C@@H]1[C@H]2Cc3cccc(OCC(=O)OCc4ccccc4)c3C[C@H]2C[C@H]1OC(=O)OC. The molecular formula is C65H86O13. The van der Waals surface area contributed by atoms with Gasteiger partial charge in [0.05, 0.1) is 20.3 Å². The average molecular weight is 1080 g/mol. The first-order valence-corrected chi connectivity index (χ1v) is 29.0. The number of unbranched alkanes of at least 4 members (excludes halogenated alkanes) is 4. The van der Waals surface area contributed by atoms with Crippen molar-refractivity contribution in [2.75, 3.05) is 27.4 Å². The van der Waals surface area contributed by atoms with Crippen molar-refractivity contribution in [2.45, 2.75) is 168 Å². The van der Waals surface area contributed by atoms with Gasteiger partial charge in [0.15, 0.2) is 13.2 Å². The molecule has 4 aliphatic rings. The lowest BCUT2D eigenvalue weighted by molar-refractivity contribution is -0.148. The summed E-state index contributed by atoms with van der Waals surface area (Å²) < 4.78 is 43.9. The molecule has 0 unspecified atom stereocenters. The number of hydrogen-bond donors (Lipinski definition) is 1. The Kier molecular flexibility index (Phi) is 23.6. The van der Waals surface area contributed by atoms with E-state index in [0.29, 0.717) is 47.7 Å². The number of methoxy groups -OCH3 is 2. The van der Waals surface area contributed by atoms with Crippen LogP contribution in [0.5, 0.6) is 11.5 Å². The van der Waals surface area contributed by atoms with Crippen molar-refractivity contribution in [2.24, 2.45) is 41.4 Å². The van der Waals surface area contributed by atoms with Gasteiger partial charge in [-0.1, -0.05) is 157 Å². The molecule has 10 atom stereocenters. The second-order valence-corrected chi connectivity index (χ2v) is 22.2. The minimum absolute atomic E-state index is 0.121. The van der Waals surface area contributed by atoms with Crippen LogP contribution >= 0.6 is 0 Å². The third-order valence-corrected chi connectivity index (χ3v) is 16.9. The Morgan fingerprint density at radius 2 is 0.987 bits per heavy atom. The van der Waals surface area contributed by atoms with Gasteiger partial charge >= 0.3 is 24.2 Å². The van der Waals surface area contributed by atoms with Crippen LogP contribution in [-0.4, -0.2) is 75.1 Å². The fourth-order valence-corrected chi connectivity index (χ4v) is 12.8. The third-order valence-electron chi connectivity index (χ3n) is 16.9. The number of fused-ring (bicyclic) bond motifs is 4. The fraction of sp³-hybridized carbons (Fsp3) is 0.569. The van der Waals surface area contributed by atoms with E-state index in [1.165, 1.54) is 56.6 Å². The number of carbonyl (C=O) groups is 4. The van der Waals surface area contributed by atoms with Gasteiger partial charge in [0.25, 0.3) is 0 Å². The van der Waals surface area contributed by atoms with Crippen molar-refractivity contribution < 1.29 is 62.2 Å². The van der Waals surface area contributed by atoms with Crippen LogP contribution in [-0.2, 0) is 76.9 Å². The van der Waals surface area contributed by atoms with Crippen LogP contribution in [0, 0.1) is 41.4 Å². The van der Waals surface area contributed by atoms with Gasteiger partial charge in [-0.25, -0.2) is 19.2 Å². The lowest BCUT2D eigenvalue weighted by Gasteiger charge is -2.32. The summed E-state index contributed by atoms with van der Waals surface area (Å²) in [5.41, 5.74) is 6.64. The molecule has 0 radical (unpaired) electrons. The monoisotopic (exact) mass is 1070 g/mol. The number of benzene rings is 4. The van der Waals surface area contributed by atoms with Gasteiger partial charge in [-0.05, 0) is 151 Å². The summed E-state index contributed by atoms with van der Waals surface area (Å²) in [5, 5.41) is 10.6. The minimum atomic E-state index is -0.650. The largest absolute Gasteiger partial charge is 0.508 e. The highest BCUT2D eigenvalue weighted by Crippen LogP contribution is 2.51. The van der Waals surface area contributed by atoms with Crippen molar-refractivity contribution in [1.82, 2.24) is 0 Å². The van der Waals surface area contributed by atoms with Gasteiger partial charge < -0.3 is 43.0 Å². The lowest BCUT2D eigenvalue weighted by atomic mass is 9.73. The number of esters is 2. The van der Waals surface area contributed by atoms with E-state index in [-0.39, 0.29) is 56.6 Å². The number of aliphatic hydroxyl groups excluding tert-OH is 1. The molecule has 13 heteroatoms. The number of aliphatic hydroxyl groups is 1. The van der Waals surface area contributed by atoms with Gasteiger partial charge in [0.2, 0.25) is 0 Å². The highest BCUT2D eigenvalue weighted by atomic mass is 16.7. The van der Waals surface area contributed by atoms with E-state index >= 15 is 0 Å². The predicted octanol–water partition coefficient (Wildman–Crippen LogP) is 13.3. The van der Waals surface area contributed by atoms with Crippen molar-refractivity contribution in [1.29, 1.82) is 0 Å². The second kappa shape index (κ2) is 30.9. The molecule has 0 spiro atoms. The van der Waals surface area contributed by atoms with Gasteiger partial charge in [-0.3, -0.25) is 0 Å². The van der Waals surface area contributed by atoms with E-state index in [9.17, 15) is 24.3 Å². The van der Waals surface area contributed by atoms with Crippen LogP contribution in [0.2, 0.25) is 0 Å². The fourth-order valence-electron chi connectivity index (χ4n) is 12.8. The van der Waals surface area contributed by atoms with E-state index in [2.05, 4.69) is 32.9 Å². The van der Waals surface area contributed by atoms with Gasteiger partial charge in [-0.15, -0.1) is 0 Å². The molecule has 4 aromatic carbocycles. The second-order valence-electron chi connectivity index (χ2n) is 22.2. The Morgan fingerprint density at radius 1 is 0.538 bits per heavy atom. The maximum atomic E-state index is 12.4. The number of carbonyl (C=O) groups excluding carboxylic acids is 4. The molecule has 4 aromatic rings. The number of hydrogen-bond acceptors (Lipinski definition) is 13. The smallest absolute Gasteiger partial charge is 0.482 e. The van der Waals surface area contributed by atoms with E-state index < -0.39 is 18.3 Å². The molecule has 1 N–H and O–H groups in total. The Balaban J connectivity index is 0.000000226. The Labute approximate surface area is 463 Å². The first-order valence-electron chi connectivity index (χ1n) is 29.0. The summed E-state index contributed by atoms with van der Waals surface area (Å²) >= 11 is 0. The first-order chi connectivity index (χ1) is 38.0. The molecule has 0 aliphatic heterocycles. The molecule has 2 saturated carbocycles. The summed E-state index contributed by atoms with van der Waals surface area (Å²) in [6, 6.07) is 31.3. The predicted molar refractivity (Wildman–Crippen MR) is 298 cm³/mol. The molecule has 0 heterocycles. The topological polar surface area (TPSA) is 162 Å². The highest BCUT2D eigenvalue weighted by molar-refractivity contribution is 5.71. The summed E-state index contributed by atoms with van der Waals surface area (Å²) in [5.74, 6) is 3.37. The Morgan fingerprint density at radius 3 is 1.44 bits per heavy atom. The molecule has 2 fully saturated rings. The van der Waals surface area contributed by atoms with Crippen LogP contribution in [0.1, 0.15) is 144 Å². The van der Waals surface area contributed by atoms with Crippen molar-refractivity contribution >= 4 is 24.2 Å². The number of ether oxygens (including phenoxy) is 8. The maximum Gasteiger partial charge on any atom is 0.508 e. The average Bonchev–Trinajstić information content (AvgIpc) is 4.04. The number of rotatable bonds is 26. The van der Waals surface area contributed by atoms with Crippen molar-refractivity contribution in [3.8, 4) is 11.5 Å². The van der Waals surface area contributed by atoms with Gasteiger partial charge in [0, 0.05) is 0 Å². The molecule has 13 nitrogen and oxygen atoms in total. The Bertz CT molecular complexity index is 2310. The van der Waals surface area contributed by atoms with Crippen molar-refractivity contribution in [3.63, 3.8) is 0 Å². The zero-order valence-corrected chi connectivity index (χ0v) is 46.9. The van der Waals surface area contributed by atoms with Crippen LogP contribution in [0.25, 0.3) is 0 Å². The molecular weight excluding hydrogens is 989 g/mol. The zero-order chi connectivity index (χ0) is 55.2.